The summed E-state index contributed by atoms with van der Waals surface area (Å²) in [4.78, 5) is 27.9. The molecule has 0 fully saturated rings. The maximum atomic E-state index is 11.9. The summed E-state index contributed by atoms with van der Waals surface area (Å²) < 4.78 is 10.8. The number of amides is 1. The molecule has 1 aromatic carbocycles. The first-order valence-electron chi connectivity index (χ1n) is 8.38. The summed E-state index contributed by atoms with van der Waals surface area (Å²) in [6.07, 6.45) is 2.38. The maximum absolute atomic E-state index is 11.9. The fourth-order valence-electron chi connectivity index (χ4n) is 2.59. The third-order valence-corrected chi connectivity index (χ3v) is 4.23. The van der Waals surface area contributed by atoms with Gasteiger partial charge in [0.2, 0.25) is 0 Å². The highest BCUT2D eigenvalue weighted by atomic mass is 16.5. The average molecular weight is 352 g/mol. The smallest absolute Gasteiger partial charge is 0.339 e. The molecule has 2 heterocycles. The van der Waals surface area contributed by atoms with E-state index in [9.17, 15) is 9.59 Å². The number of ether oxygens (including phenoxy) is 1. The molecule has 3 aromatic rings. The zero-order valence-corrected chi connectivity index (χ0v) is 14.7. The summed E-state index contributed by atoms with van der Waals surface area (Å²) >= 11 is 0. The number of carbonyl (C=O) groups is 1. The lowest BCUT2D eigenvalue weighted by Crippen LogP contribution is -2.30. The van der Waals surface area contributed by atoms with Crippen LogP contribution < -0.4 is 15.7 Å². The molecule has 0 saturated carbocycles. The van der Waals surface area contributed by atoms with Gasteiger partial charge in [-0.05, 0) is 43.7 Å². The van der Waals surface area contributed by atoms with Gasteiger partial charge in [-0.25, -0.2) is 4.79 Å². The van der Waals surface area contributed by atoms with Crippen molar-refractivity contribution in [2.24, 2.45) is 0 Å². The molecule has 6 heteroatoms. The van der Waals surface area contributed by atoms with Crippen LogP contribution in [0, 0.1) is 13.8 Å². The monoisotopic (exact) mass is 352 g/mol. The van der Waals surface area contributed by atoms with E-state index in [2.05, 4.69) is 10.3 Å². The molecular weight excluding hydrogens is 332 g/mol. The molecule has 26 heavy (non-hydrogen) atoms. The van der Waals surface area contributed by atoms with Crippen molar-refractivity contribution < 1.29 is 13.9 Å². The van der Waals surface area contributed by atoms with Crippen LogP contribution in [-0.4, -0.2) is 24.0 Å². The van der Waals surface area contributed by atoms with Crippen molar-refractivity contribution in [2.75, 3.05) is 13.2 Å². The van der Waals surface area contributed by atoms with Gasteiger partial charge in [-0.2, -0.15) is 0 Å². The van der Waals surface area contributed by atoms with Crippen LogP contribution in [0.2, 0.25) is 0 Å². The van der Waals surface area contributed by atoms with Gasteiger partial charge in [0.25, 0.3) is 5.91 Å². The molecule has 6 nitrogen and oxygen atoms in total. The van der Waals surface area contributed by atoms with Crippen LogP contribution in [0.1, 0.15) is 16.8 Å². The second-order valence-corrected chi connectivity index (χ2v) is 6.01. The Morgan fingerprint density at radius 1 is 1.19 bits per heavy atom. The predicted molar refractivity (Wildman–Crippen MR) is 98.4 cm³/mol. The Kier molecular flexibility index (Phi) is 5.31. The largest absolute Gasteiger partial charge is 0.484 e. The standard InChI is InChI=1S/C20H20N2O4/c1-13-14(2)20(24)26-18-11-16(6-7-17(13)18)25-12-19(23)22-10-8-15-5-3-4-9-21-15/h3-7,9,11H,8,10,12H2,1-2H3,(H,22,23). The van der Waals surface area contributed by atoms with Crippen molar-refractivity contribution in [2.45, 2.75) is 20.3 Å². The molecule has 3 rings (SSSR count). The van der Waals surface area contributed by atoms with E-state index in [0.717, 1.165) is 16.6 Å². The van der Waals surface area contributed by atoms with E-state index in [1.165, 1.54) is 0 Å². The van der Waals surface area contributed by atoms with Crippen LogP contribution >= 0.6 is 0 Å². The third kappa shape index (κ3) is 4.08. The molecule has 134 valence electrons. The molecular formula is C20H20N2O4. The number of hydrogen-bond acceptors (Lipinski definition) is 5. The highest BCUT2D eigenvalue weighted by Gasteiger charge is 2.09. The topological polar surface area (TPSA) is 81.4 Å². The number of fused-ring (bicyclic) bond motifs is 1. The fourth-order valence-corrected chi connectivity index (χ4v) is 2.59. The average Bonchev–Trinajstić information content (AvgIpc) is 2.65. The number of aromatic nitrogens is 1. The summed E-state index contributed by atoms with van der Waals surface area (Å²) in [7, 11) is 0. The molecule has 0 atom stereocenters. The van der Waals surface area contributed by atoms with E-state index in [4.69, 9.17) is 9.15 Å². The van der Waals surface area contributed by atoms with Gasteiger partial charge in [-0.15, -0.1) is 0 Å². The first kappa shape index (κ1) is 17.7. The van der Waals surface area contributed by atoms with Gasteiger partial charge < -0.3 is 14.5 Å². The Hall–Kier alpha value is -3.15. The van der Waals surface area contributed by atoms with Crippen molar-refractivity contribution in [3.8, 4) is 5.75 Å². The molecule has 0 aliphatic heterocycles. The molecule has 2 aromatic heterocycles. The molecule has 1 N–H and O–H groups in total. The lowest BCUT2D eigenvalue weighted by atomic mass is 10.1. The Balaban J connectivity index is 1.56. The number of benzene rings is 1. The highest BCUT2D eigenvalue weighted by molar-refractivity contribution is 5.82. The number of nitrogens with zero attached hydrogens (tertiary/aromatic N) is 1. The van der Waals surface area contributed by atoms with Crippen molar-refractivity contribution in [1.82, 2.24) is 10.3 Å². The number of aryl methyl sites for hydroxylation is 1. The quantitative estimate of drug-likeness (QED) is 0.690. The molecule has 0 aliphatic carbocycles. The van der Waals surface area contributed by atoms with Crippen LogP contribution in [0.3, 0.4) is 0 Å². The van der Waals surface area contributed by atoms with Crippen molar-refractivity contribution in [1.29, 1.82) is 0 Å². The van der Waals surface area contributed by atoms with E-state index in [1.54, 1.807) is 25.3 Å². The Morgan fingerprint density at radius 3 is 2.81 bits per heavy atom. The van der Waals surface area contributed by atoms with Crippen molar-refractivity contribution >= 4 is 16.9 Å². The summed E-state index contributed by atoms with van der Waals surface area (Å²) in [5.41, 5.74) is 2.49. The zero-order chi connectivity index (χ0) is 18.5. The van der Waals surface area contributed by atoms with Crippen LogP contribution in [0.15, 0.2) is 51.8 Å². The van der Waals surface area contributed by atoms with Crippen LogP contribution in [0.5, 0.6) is 5.75 Å². The van der Waals surface area contributed by atoms with Crippen LogP contribution in [0.25, 0.3) is 11.0 Å². The number of carbonyl (C=O) groups excluding carboxylic acids is 1. The summed E-state index contributed by atoms with van der Waals surface area (Å²) in [6, 6.07) is 10.9. The third-order valence-electron chi connectivity index (χ3n) is 4.23. The second-order valence-electron chi connectivity index (χ2n) is 6.01. The molecule has 0 bridgehead atoms. The van der Waals surface area contributed by atoms with Crippen molar-refractivity contribution in [3.05, 3.63) is 69.8 Å². The van der Waals surface area contributed by atoms with Gasteiger partial charge >= 0.3 is 5.63 Å². The molecule has 0 aliphatic rings. The number of pyridine rings is 1. The number of rotatable bonds is 6. The normalized spacial score (nSPS) is 10.7. The Labute approximate surface area is 150 Å². The zero-order valence-electron chi connectivity index (χ0n) is 14.7. The molecule has 0 spiro atoms. The Morgan fingerprint density at radius 2 is 2.04 bits per heavy atom. The van der Waals surface area contributed by atoms with Gasteiger partial charge in [-0.3, -0.25) is 9.78 Å². The minimum atomic E-state index is -0.362. The van der Waals surface area contributed by atoms with Gasteiger partial charge in [0.1, 0.15) is 11.3 Å². The number of hydrogen-bond donors (Lipinski definition) is 1. The van der Waals surface area contributed by atoms with Crippen molar-refractivity contribution in [3.63, 3.8) is 0 Å². The SMILES string of the molecule is Cc1c(C)c2ccc(OCC(=O)NCCc3ccccn3)cc2oc1=O. The minimum absolute atomic E-state index is 0.108. The first-order chi connectivity index (χ1) is 12.5. The van der Waals surface area contributed by atoms with E-state index in [0.29, 0.717) is 29.9 Å². The minimum Gasteiger partial charge on any atom is -0.484 e. The van der Waals surface area contributed by atoms with Gasteiger partial charge in [0.05, 0.1) is 0 Å². The van der Waals surface area contributed by atoms with E-state index in [-0.39, 0.29) is 18.1 Å². The molecule has 0 radical (unpaired) electrons. The second kappa shape index (κ2) is 7.82. The lowest BCUT2D eigenvalue weighted by molar-refractivity contribution is -0.123. The highest BCUT2D eigenvalue weighted by Crippen LogP contribution is 2.23. The molecule has 0 saturated heterocycles. The van der Waals surface area contributed by atoms with Gasteiger partial charge in [0, 0.05) is 41.9 Å². The van der Waals surface area contributed by atoms with E-state index in [1.807, 2.05) is 31.2 Å². The fraction of sp³-hybridized carbons (Fsp3) is 0.250. The van der Waals surface area contributed by atoms with Crippen LogP contribution in [0.4, 0.5) is 0 Å². The predicted octanol–water partition coefficient (Wildman–Crippen LogP) is 2.54. The van der Waals surface area contributed by atoms with E-state index >= 15 is 0 Å². The van der Waals surface area contributed by atoms with Gasteiger partial charge in [0.15, 0.2) is 6.61 Å². The first-order valence-corrected chi connectivity index (χ1v) is 8.38. The summed E-state index contributed by atoms with van der Waals surface area (Å²) in [5, 5.41) is 3.64. The molecule has 1 amide bonds. The van der Waals surface area contributed by atoms with E-state index < -0.39 is 0 Å². The summed E-state index contributed by atoms with van der Waals surface area (Å²) in [5.74, 6) is 0.256. The van der Waals surface area contributed by atoms with Gasteiger partial charge in [-0.1, -0.05) is 6.07 Å². The Bertz CT molecular complexity index is 980. The lowest BCUT2D eigenvalue weighted by Gasteiger charge is -2.09. The number of nitrogens with one attached hydrogen (secondary N) is 1. The molecule has 0 unspecified atom stereocenters. The summed E-state index contributed by atoms with van der Waals surface area (Å²) in [6.45, 7) is 4.00. The maximum Gasteiger partial charge on any atom is 0.339 e. The van der Waals surface area contributed by atoms with Crippen LogP contribution in [-0.2, 0) is 11.2 Å².